The smallest absolute Gasteiger partial charge is 0.147 e. The minimum atomic E-state index is -1.33. The van der Waals surface area contributed by atoms with Gasteiger partial charge in [-0.15, -0.1) is 22.7 Å². The number of aryl methyl sites for hydroxylation is 1. The van der Waals surface area contributed by atoms with Crippen LogP contribution < -0.4 is 4.72 Å². The van der Waals surface area contributed by atoms with Crippen molar-refractivity contribution in [2.75, 3.05) is 0 Å². The number of ketones is 1. The predicted molar refractivity (Wildman–Crippen MR) is 91.3 cm³/mol. The molecule has 114 valence electrons. The van der Waals surface area contributed by atoms with Crippen molar-refractivity contribution in [3.63, 3.8) is 0 Å². The van der Waals surface area contributed by atoms with Gasteiger partial charge in [0.2, 0.25) is 0 Å². The monoisotopic (exact) mass is 341 g/mol. The summed E-state index contributed by atoms with van der Waals surface area (Å²) in [5, 5.41) is 0. The maximum Gasteiger partial charge on any atom is 0.147 e. The molecule has 2 atom stereocenters. The van der Waals surface area contributed by atoms with Gasteiger partial charge in [-0.25, -0.2) is 8.93 Å². The summed E-state index contributed by atoms with van der Waals surface area (Å²) >= 11 is 3.25. The van der Waals surface area contributed by atoms with Crippen molar-refractivity contribution >= 4 is 39.4 Å². The molecular weight excluding hydrogens is 322 g/mol. The second kappa shape index (κ2) is 7.45. The van der Waals surface area contributed by atoms with Crippen molar-refractivity contribution in [3.8, 4) is 9.75 Å². The van der Waals surface area contributed by atoms with Crippen LogP contribution in [0.15, 0.2) is 28.5 Å². The highest BCUT2D eigenvalue weighted by molar-refractivity contribution is 7.85. The van der Waals surface area contributed by atoms with Gasteiger partial charge >= 0.3 is 0 Å². The Kier molecular flexibility index (Phi) is 5.87. The Bertz CT molecular complexity index is 645. The summed E-state index contributed by atoms with van der Waals surface area (Å²) in [6.45, 7) is 5.63. The number of thiophene rings is 2. The summed E-state index contributed by atoms with van der Waals surface area (Å²) in [5.41, 5.74) is 0. The van der Waals surface area contributed by atoms with Gasteiger partial charge in [-0.05, 0) is 44.5 Å². The van der Waals surface area contributed by atoms with E-state index in [9.17, 15) is 9.00 Å². The maximum absolute atomic E-state index is 12.3. The van der Waals surface area contributed by atoms with E-state index >= 15 is 0 Å². The molecule has 0 fully saturated rings. The molecule has 0 aliphatic rings. The van der Waals surface area contributed by atoms with Gasteiger partial charge in [0.1, 0.15) is 21.0 Å². The Morgan fingerprint density at radius 3 is 2.48 bits per heavy atom. The number of rotatable bonds is 7. The van der Waals surface area contributed by atoms with Crippen LogP contribution in [0.2, 0.25) is 0 Å². The third-order valence-electron chi connectivity index (χ3n) is 3.06. The fourth-order valence-corrected chi connectivity index (χ4v) is 5.20. The lowest BCUT2D eigenvalue weighted by Crippen LogP contribution is -2.36. The van der Waals surface area contributed by atoms with Gasteiger partial charge in [0.15, 0.2) is 0 Å². The van der Waals surface area contributed by atoms with Crippen LogP contribution in [0.3, 0.4) is 0 Å². The molecule has 0 bridgehead atoms. The van der Waals surface area contributed by atoms with Crippen LogP contribution in [0.4, 0.5) is 0 Å². The first-order valence-electron chi connectivity index (χ1n) is 6.86. The van der Waals surface area contributed by atoms with Crippen molar-refractivity contribution in [1.82, 2.24) is 4.72 Å². The Morgan fingerprint density at radius 2 is 1.90 bits per heavy atom. The number of Topliss-reactive ketones (excluding diaryl/α,β-unsaturated/α-hetero) is 1. The van der Waals surface area contributed by atoms with Crippen molar-refractivity contribution in [1.29, 1.82) is 0 Å². The number of hydrogen-bond acceptors (Lipinski definition) is 4. The molecule has 2 aromatic heterocycles. The molecule has 6 heteroatoms. The zero-order chi connectivity index (χ0) is 15.4. The van der Waals surface area contributed by atoms with E-state index in [-0.39, 0.29) is 11.8 Å². The largest absolute Gasteiger partial charge is 0.298 e. The molecule has 2 aromatic rings. The molecule has 2 heterocycles. The quantitative estimate of drug-likeness (QED) is 0.822. The molecule has 0 saturated carbocycles. The van der Waals surface area contributed by atoms with Gasteiger partial charge in [-0.3, -0.25) is 4.79 Å². The third-order valence-corrected chi connectivity index (χ3v) is 6.85. The average Bonchev–Trinajstić information content (AvgIpc) is 3.06. The highest BCUT2D eigenvalue weighted by Gasteiger charge is 2.18. The lowest BCUT2D eigenvalue weighted by atomic mass is 10.1. The van der Waals surface area contributed by atoms with Crippen LogP contribution in [0, 0.1) is 6.92 Å². The van der Waals surface area contributed by atoms with Crippen molar-refractivity contribution < 1.29 is 9.00 Å². The van der Waals surface area contributed by atoms with Crippen LogP contribution in [0.25, 0.3) is 9.75 Å². The van der Waals surface area contributed by atoms with Crippen molar-refractivity contribution in [2.24, 2.45) is 0 Å². The zero-order valence-corrected chi connectivity index (χ0v) is 14.8. The number of hydrogen-bond donors (Lipinski definition) is 1. The minimum absolute atomic E-state index is 0.0378. The molecule has 0 amide bonds. The summed E-state index contributed by atoms with van der Waals surface area (Å²) in [7, 11) is -1.33. The topological polar surface area (TPSA) is 46.2 Å². The summed E-state index contributed by atoms with van der Waals surface area (Å²) < 4.78 is 16.0. The first-order chi connectivity index (χ1) is 10.0. The van der Waals surface area contributed by atoms with E-state index in [1.165, 1.54) is 21.1 Å². The molecule has 0 radical (unpaired) electrons. The summed E-state index contributed by atoms with van der Waals surface area (Å²) in [5.74, 6) is 0.0378. The van der Waals surface area contributed by atoms with Crippen LogP contribution >= 0.6 is 22.7 Å². The number of nitrogens with one attached hydrogen (secondary N) is 1. The predicted octanol–water partition coefficient (Wildman–Crippen LogP) is 4.15. The molecule has 1 N–H and O–H groups in total. The van der Waals surface area contributed by atoms with Crippen LogP contribution in [0.5, 0.6) is 0 Å². The highest BCUT2D eigenvalue weighted by atomic mass is 32.2. The Morgan fingerprint density at radius 1 is 1.24 bits per heavy atom. The summed E-state index contributed by atoms with van der Waals surface area (Å²) in [4.78, 5) is 15.1. The van der Waals surface area contributed by atoms with Gasteiger partial charge in [0, 0.05) is 14.6 Å². The van der Waals surface area contributed by atoms with E-state index in [0.29, 0.717) is 6.42 Å². The molecule has 0 aromatic carbocycles. The van der Waals surface area contributed by atoms with Crippen LogP contribution in [-0.4, -0.2) is 16.0 Å². The van der Waals surface area contributed by atoms with Crippen LogP contribution in [-0.2, 0) is 15.8 Å². The lowest BCUT2D eigenvalue weighted by Gasteiger charge is -2.13. The van der Waals surface area contributed by atoms with Gasteiger partial charge < -0.3 is 0 Å². The molecule has 2 rings (SSSR count). The van der Waals surface area contributed by atoms with Gasteiger partial charge in [0.25, 0.3) is 0 Å². The molecule has 21 heavy (non-hydrogen) atoms. The van der Waals surface area contributed by atoms with Gasteiger partial charge in [-0.2, -0.15) is 0 Å². The number of carbonyl (C=O) groups excluding carboxylic acids is 1. The number of carbonyl (C=O) groups is 1. The van der Waals surface area contributed by atoms with Crippen LogP contribution in [0.1, 0.15) is 31.6 Å². The molecule has 0 spiro atoms. The van der Waals surface area contributed by atoms with E-state index in [1.54, 1.807) is 18.3 Å². The second-order valence-corrected chi connectivity index (χ2v) is 8.71. The Labute approximate surface area is 136 Å². The standard InChI is InChI=1S/C15H19NO2S3/c1-4-5-12(11(3)17)16-21(18)15-9-8-14(20-15)13-7-6-10(2)19-13/h6-9,12,16H,4-5H2,1-3H3. The van der Waals surface area contributed by atoms with E-state index in [2.05, 4.69) is 23.8 Å². The van der Waals surface area contributed by atoms with Crippen molar-refractivity contribution in [2.45, 2.75) is 43.9 Å². The Hall–Kier alpha value is -0.820. The fourth-order valence-electron chi connectivity index (χ4n) is 1.94. The van der Waals surface area contributed by atoms with Gasteiger partial charge in [0.05, 0.1) is 6.04 Å². The SMILES string of the molecule is CCCC(NS(=O)c1ccc(-c2ccc(C)s2)s1)C(C)=O. The lowest BCUT2D eigenvalue weighted by molar-refractivity contribution is -0.118. The highest BCUT2D eigenvalue weighted by Crippen LogP contribution is 2.34. The minimum Gasteiger partial charge on any atom is -0.298 e. The van der Waals surface area contributed by atoms with E-state index < -0.39 is 11.0 Å². The average molecular weight is 342 g/mol. The first-order valence-corrected chi connectivity index (χ1v) is 9.64. The molecule has 0 saturated heterocycles. The molecule has 0 aliphatic carbocycles. The van der Waals surface area contributed by atoms with E-state index in [1.807, 2.05) is 19.1 Å². The Balaban J connectivity index is 2.10. The fraction of sp³-hybridized carbons (Fsp3) is 0.400. The normalized spacial score (nSPS) is 14.0. The van der Waals surface area contributed by atoms with Gasteiger partial charge in [-0.1, -0.05) is 13.3 Å². The zero-order valence-electron chi connectivity index (χ0n) is 12.3. The first kappa shape index (κ1) is 16.5. The molecule has 3 nitrogen and oxygen atoms in total. The third kappa shape index (κ3) is 4.32. The second-order valence-electron chi connectivity index (χ2n) is 4.87. The van der Waals surface area contributed by atoms with E-state index in [4.69, 9.17) is 0 Å². The van der Waals surface area contributed by atoms with E-state index in [0.717, 1.165) is 15.5 Å². The molecule has 2 unspecified atom stereocenters. The maximum atomic E-state index is 12.3. The summed E-state index contributed by atoms with van der Waals surface area (Å²) in [6, 6.07) is 7.71. The molecule has 0 aliphatic heterocycles. The van der Waals surface area contributed by atoms with Crippen molar-refractivity contribution in [3.05, 3.63) is 29.1 Å². The molecular formula is C15H19NO2S3. The summed E-state index contributed by atoms with van der Waals surface area (Å²) in [6.07, 6.45) is 1.60.